The van der Waals surface area contributed by atoms with Gasteiger partial charge in [-0.25, -0.2) is 4.39 Å². The lowest BCUT2D eigenvalue weighted by molar-refractivity contribution is -0.143. The van der Waals surface area contributed by atoms with E-state index in [1.165, 1.54) is 0 Å². The van der Waals surface area contributed by atoms with Crippen molar-refractivity contribution >= 4 is 11.9 Å². The highest BCUT2D eigenvalue weighted by atomic mass is 19.1. The smallest absolute Gasteiger partial charge is 0.320 e. The highest BCUT2D eigenvalue weighted by molar-refractivity contribution is 5.76. The number of carbonyl (C=O) groups is 2. The summed E-state index contributed by atoms with van der Waals surface area (Å²) in [4.78, 5) is 21.7. The molecule has 0 spiro atoms. The third-order valence-corrected chi connectivity index (χ3v) is 2.86. The summed E-state index contributed by atoms with van der Waals surface area (Å²) in [5, 5.41) is 17.7. The Hall–Kier alpha value is -1.95. The van der Waals surface area contributed by atoms with E-state index < -0.39 is 30.6 Å². The standard InChI is InChI=1S/C13H16FNO4/c14-7-9-3-1-8(2-4-9)5-10(12(16)17)6-11(15)13(18)19/h1-4,10-11H,5-7,15H2,(H,16,17)(H,18,19)/t10-,11-/m0/s1. The first-order valence-electron chi connectivity index (χ1n) is 5.79. The van der Waals surface area contributed by atoms with Gasteiger partial charge in [0.2, 0.25) is 0 Å². The van der Waals surface area contributed by atoms with Gasteiger partial charge in [-0.1, -0.05) is 24.3 Å². The maximum atomic E-state index is 12.3. The zero-order chi connectivity index (χ0) is 14.4. The van der Waals surface area contributed by atoms with E-state index in [1.54, 1.807) is 24.3 Å². The Kier molecular flexibility index (Phi) is 5.44. The molecular weight excluding hydrogens is 253 g/mol. The van der Waals surface area contributed by atoms with Gasteiger partial charge in [0.05, 0.1) is 5.92 Å². The van der Waals surface area contributed by atoms with E-state index in [2.05, 4.69) is 0 Å². The van der Waals surface area contributed by atoms with Gasteiger partial charge in [-0.3, -0.25) is 9.59 Å². The summed E-state index contributed by atoms with van der Waals surface area (Å²) in [6.45, 7) is -0.577. The fraction of sp³-hybridized carbons (Fsp3) is 0.385. The molecule has 0 bridgehead atoms. The number of hydrogen-bond donors (Lipinski definition) is 3. The SMILES string of the molecule is N[C@@H](C[C@H](Cc1ccc(CF)cc1)C(=O)O)C(=O)O. The summed E-state index contributed by atoms with van der Waals surface area (Å²) < 4.78 is 12.3. The molecule has 4 N–H and O–H groups in total. The maximum absolute atomic E-state index is 12.3. The molecule has 0 fully saturated rings. The van der Waals surface area contributed by atoms with Crippen molar-refractivity contribution in [1.82, 2.24) is 0 Å². The molecule has 1 aromatic rings. The first-order valence-corrected chi connectivity index (χ1v) is 5.79. The lowest BCUT2D eigenvalue weighted by atomic mass is 9.92. The fourth-order valence-corrected chi connectivity index (χ4v) is 1.73. The van der Waals surface area contributed by atoms with E-state index in [-0.39, 0.29) is 12.8 Å². The number of alkyl halides is 1. The second-order valence-corrected chi connectivity index (χ2v) is 4.37. The van der Waals surface area contributed by atoms with E-state index in [4.69, 9.17) is 15.9 Å². The highest BCUT2D eigenvalue weighted by Gasteiger charge is 2.24. The average molecular weight is 269 g/mol. The monoisotopic (exact) mass is 269 g/mol. The number of hydrogen-bond acceptors (Lipinski definition) is 3. The first kappa shape index (κ1) is 15.1. The Labute approximate surface area is 109 Å². The van der Waals surface area contributed by atoms with Crippen molar-refractivity contribution in [1.29, 1.82) is 0 Å². The quantitative estimate of drug-likeness (QED) is 0.690. The van der Waals surface area contributed by atoms with Crippen LogP contribution in [0.1, 0.15) is 17.5 Å². The topological polar surface area (TPSA) is 101 Å². The molecule has 0 saturated carbocycles. The van der Waals surface area contributed by atoms with Gasteiger partial charge in [-0.05, 0) is 24.0 Å². The van der Waals surface area contributed by atoms with Crippen LogP contribution in [0.3, 0.4) is 0 Å². The van der Waals surface area contributed by atoms with Crippen LogP contribution in [0.25, 0.3) is 0 Å². The second kappa shape index (κ2) is 6.84. The molecule has 0 heterocycles. The summed E-state index contributed by atoms with van der Waals surface area (Å²) in [6.07, 6.45) is 0.0262. The van der Waals surface area contributed by atoms with Crippen LogP contribution in [-0.2, 0) is 22.7 Å². The molecule has 6 heteroatoms. The molecule has 2 atom stereocenters. The molecule has 0 unspecified atom stereocenters. The van der Waals surface area contributed by atoms with Crippen molar-refractivity contribution in [3.63, 3.8) is 0 Å². The van der Waals surface area contributed by atoms with E-state index in [9.17, 15) is 14.0 Å². The molecular formula is C13H16FNO4. The minimum absolute atomic E-state index is 0.143. The fourth-order valence-electron chi connectivity index (χ4n) is 1.73. The van der Waals surface area contributed by atoms with E-state index in [1.807, 2.05) is 0 Å². The van der Waals surface area contributed by atoms with Crippen LogP contribution in [0.4, 0.5) is 4.39 Å². The van der Waals surface area contributed by atoms with Crippen molar-refractivity contribution < 1.29 is 24.2 Å². The zero-order valence-electron chi connectivity index (χ0n) is 10.3. The zero-order valence-corrected chi connectivity index (χ0v) is 10.3. The number of aliphatic carboxylic acids is 2. The van der Waals surface area contributed by atoms with Gasteiger partial charge in [0.1, 0.15) is 12.7 Å². The third kappa shape index (κ3) is 4.67. The summed E-state index contributed by atoms with van der Waals surface area (Å²) in [7, 11) is 0. The molecule has 0 aliphatic rings. The average Bonchev–Trinajstić information content (AvgIpc) is 2.38. The van der Waals surface area contributed by atoms with Crippen LogP contribution < -0.4 is 5.73 Å². The Morgan fingerprint density at radius 2 is 1.63 bits per heavy atom. The number of benzene rings is 1. The number of carboxylic acids is 2. The molecule has 104 valence electrons. The molecule has 5 nitrogen and oxygen atoms in total. The van der Waals surface area contributed by atoms with Gasteiger partial charge in [0, 0.05) is 0 Å². The van der Waals surface area contributed by atoms with Gasteiger partial charge >= 0.3 is 11.9 Å². The summed E-state index contributed by atoms with van der Waals surface area (Å²) in [5.74, 6) is -3.19. The Balaban J connectivity index is 2.72. The van der Waals surface area contributed by atoms with Crippen LogP contribution in [0, 0.1) is 5.92 Å². The molecule has 19 heavy (non-hydrogen) atoms. The molecule has 1 rings (SSSR count). The predicted octanol–water partition coefficient (Wildman–Crippen LogP) is 1.20. The van der Waals surface area contributed by atoms with E-state index >= 15 is 0 Å². The van der Waals surface area contributed by atoms with Crippen LogP contribution in [0.2, 0.25) is 0 Å². The molecule has 0 aromatic heterocycles. The lowest BCUT2D eigenvalue weighted by Gasteiger charge is -2.15. The first-order chi connectivity index (χ1) is 8.93. The van der Waals surface area contributed by atoms with Crippen molar-refractivity contribution in [2.24, 2.45) is 11.7 Å². The number of rotatable bonds is 7. The second-order valence-electron chi connectivity index (χ2n) is 4.37. The molecule has 0 radical (unpaired) electrons. The van der Waals surface area contributed by atoms with E-state index in [0.717, 1.165) is 0 Å². The summed E-state index contributed by atoms with van der Waals surface area (Å²) >= 11 is 0. The largest absolute Gasteiger partial charge is 0.481 e. The highest BCUT2D eigenvalue weighted by Crippen LogP contribution is 2.15. The number of halogens is 1. The van der Waals surface area contributed by atoms with Crippen LogP contribution in [0.5, 0.6) is 0 Å². The Bertz CT molecular complexity index is 446. The summed E-state index contributed by atoms with van der Waals surface area (Å²) in [6, 6.07) is 5.22. The molecule has 0 aliphatic heterocycles. The van der Waals surface area contributed by atoms with Crippen LogP contribution >= 0.6 is 0 Å². The van der Waals surface area contributed by atoms with Crippen LogP contribution in [0.15, 0.2) is 24.3 Å². The van der Waals surface area contributed by atoms with E-state index in [0.29, 0.717) is 11.1 Å². The minimum atomic E-state index is -1.22. The minimum Gasteiger partial charge on any atom is -0.481 e. The van der Waals surface area contributed by atoms with Gasteiger partial charge in [-0.15, -0.1) is 0 Å². The third-order valence-electron chi connectivity index (χ3n) is 2.86. The van der Waals surface area contributed by atoms with Crippen molar-refractivity contribution in [2.75, 3.05) is 0 Å². The maximum Gasteiger partial charge on any atom is 0.320 e. The van der Waals surface area contributed by atoms with Crippen molar-refractivity contribution in [3.8, 4) is 0 Å². The van der Waals surface area contributed by atoms with Gasteiger partial charge in [0.25, 0.3) is 0 Å². The predicted molar refractivity (Wildman–Crippen MR) is 66.3 cm³/mol. The lowest BCUT2D eigenvalue weighted by Crippen LogP contribution is -2.35. The normalized spacial score (nSPS) is 13.8. The molecule has 0 aliphatic carbocycles. The number of carboxylic acid groups (broad SMARTS) is 2. The number of nitrogens with two attached hydrogens (primary N) is 1. The Morgan fingerprint density at radius 1 is 1.11 bits per heavy atom. The summed E-state index contributed by atoms with van der Waals surface area (Å²) in [5.41, 5.74) is 6.56. The van der Waals surface area contributed by atoms with Gasteiger partial charge < -0.3 is 15.9 Å². The van der Waals surface area contributed by atoms with Gasteiger partial charge in [-0.2, -0.15) is 0 Å². The van der Waals surface area contributed by atoms with Crippen molar-refractivity contribution in [3.05, 3.63) is 35.4 Å². The molecule has 1 aromatic carbocycles. The van der Waals surface area contributed by atoms with Gasteiger partial charge in [0.15, 0.2) is 0 Å². The molecule has 0 saturated heterocycles. The Morgan fingerprint density at radius 3 is 2.05 bits per heavy atom. The molecule has 0 amide bonds. The van der Waals surface area contributed by atoms with Crippen molar-refractivity contribution in [2.45, 2.75) is 25.6 Å². The van der Waals surface area contributed by atoms with Crippen LogP contribution in [-0.4, -0.2) is 28.2 Å².